The lowest BCUT2D eigenvalue weighted by molar-refractivity contribution is -0.124. The molecule has 0 saturated heterocycles. The number of carbonyl (C=O) groups is 1. The highest BCUT2D eigenvalue weighted by atomic mass is 28.3. The molecule has 0 aromatic carbocycles. The molecule has 0 aliphatic rings. The van der Waals surface area contributed by atoms with Crippen LogP contribution in [0.4, 0.5) is 8.78 Å². The van der Waals surface area contributed by atoms with Gasteiger partial charge in [0.05, 0.1) is 6.42 Å². The maximum Gasteiger partial charge on any atom is 0.252 e. The maximum absolute atomic E-state index is 12.4. The van der Waals surface area contributed by atoms with E-state index in [0.29, 0.717) is 6.42 Å². The lowest BCUT2D eigenvalue weighted by atomic mass is 10.1. The van der Waals surface area contributed by atoms with Gasteiger partial charge in [0.1, 0.15) is 5.78 Å². The Morgan fingerprint density at radius 1 is 1.31 bits per heavy atom. The van der Waals surface area contributed by atoms with E-state index < -0.39 is 20.4 Å². The van der Waals surface area contributed by atoms with Crippen molar-refractivity contribution in [2.75, 3.05) is 0 Å². The topological polar surface area (TPSA) is 17.1 Å². The molecule has 0 atom stereocenters. The molecule has 4 heteroatoms. The minimum Gasteiger partial charge on any atom is -0.299 e. The van der Waals surface area contributed by atoms with Gasteiger partial charge in [0.15, 0.2) is 0 Å². The molecule has 0 unspecified atom stereocenters. The molecule has 0 heterocycles. The fourth-order valence-electron chi connectivity index (χ4n) is 0.949. The van der Waals surface area contributed by atoms with Gasteiger partial charge in [-0.25, -0.2) is 8.78 Å². The molecule has 0 saturated carbocycles. The number of ketones is 1. The predicted octanol–water partition coefficient (Wildman–Crippen LogP) is 3.33. The van der Waals surface area contributed by atoms with E-state index in [2.05, 4.69) is 19.6 Å². The van der Waals surface area contributed by atoms with Crippen LogP contribution in [-0.4, -0.2) is 19.8 Å². The van der Waals surface area contributed by atoms with Crippen molar-refractivity contribution in [3.05, 3.63) is 0 Å². The lowest BCUT2D eigenvalue weighted by Crippen LogP contribution is -2.23. The zero-order valence-corrected chi connectivity index (χ0v) is 9.79. The van der Waals surface area contributed by atoms with Crippen LogP contribution in [0.2, 0.25) is 25.7 Å². The molecule has 0 N–H and O–H groups in total. The van der Waals surface area contributed by atoms with Crippen LogP contribution in [-0.2, 0) is 4.79 Å². The smallest absolute Gasteiger partial charge is 0.252 e. The van der Waals surface area contributed by atoms with E-state index in [4.69, 9.17) is 0 Å². The van der Waals surface area contributed by atoms with Gasteiger partial charge in [-0.1, -0.05) is 25.7 Å². The molecular formula is C9H18F2OSi. The monoisotopic (exact) mass is 208 g/mol. The fraction of sp³-hybridized carbons (Fsp3) is 0.889. The van der Waals surface area contributed by atoms with Crippen molar-refractivity contribution < 1.29 is 13.6 Å². The van der Waals surface area contributed by atoms with Crippen LogP contribution in [0, 0.1) is 0 Å². The normalized spacial score (nSPS) is 13.1. The molecule has 0 spiro atoms. The Kier molecular flexibility index (Phi) is 4.22. The van der Waals surface area contributed by atoms with E-state index in [-0.39, 0.29) is 5.78 Å². The van der Waals surface area contributed by atoms with Gasteiger partial charge in [-0.05, 0) is 6.92 Å². The first-order valence-electron chi connectivity index (χ1n) is 4.50. The Morgan fingerprint density at radius 2 is 1.77 bits per heavy atom. The minimum atomic E-state index is -2.84. The van der Waals surface area contributed by atoms with E-state index in [1.54, 1.807) is 0 Å². The molecule has 0 amide bonds. The molecule has 0 fully saturated rings. The Bertz CT molecular complexity index is 179. The summed E-state index contributed by atoms with van der Waals surface area (Å²) < 4.78 is 24.8. The summed E-state index contributed by atoms with van der Waals surface area (Å²) in [5.41, 5.74) is 0. The summed E-state index contributed by atoms with van der Waals surface area (Å²) >= 11 is 0. The number of hydrogen-bond donors (Lipinski definition) is 0. The van der Waals surface area contributed by atoms with Crippen molar-refractivity contribution in [2.45, 2.75) is 51.4 Å². The van der Waals surface area contributed by atoms with Gasteiger partial charge in [-0.3, -0.25) is 4.79 Å². The zero-order valence-electron chi connectivity index (χ0n) is 8.79. The zero-order chi connectivity index (χ0) is 10.7. The molecule has 0 aromatic heterocycles. The summed E-state index contributed by atoms with van der Waals surface area (Å²) in [6, 6.07) is 0.807. The van der Waals surface area contributed by atoms with Crippen LogP contribution in [0.5, 0.6) is 0 Å². The molecule has 0 aromatic rings. The van der Waals surface area contributed by atoms with Crippen molar-refractivity contribution in [1.82, 2.24) is 0 Å². The summed E-state index contributed by atoms with van der Waals surface area (Å²) in [6.45, 7) is 7.18. The Morgan fingerprint density at radius 3 is 2.08 bits per heavy atom. The number of halogens is 2. The summed E-state index contributed by atoms with van der Waals surface area (Å²) in [5, 5.41) is 0. The standard InChI is InChI=1S/C9H18F2OSi/c1-9(10,11)7-8(12)5-6-13(2,3)4/h5-7H2,1-4H3. The van der Waals surface area contributed by atoms with Crippen LogP contribution in [0.3, 0.4) is 0 Å². The van der Waals surface area contributed by atoms with E-state index in [0.717, 1.165) is 13.0 Å². The lowest BCUT2D eigenvalue weighted by Gasteiger charge is -2.15. The van der Waals surface area contributed by atoms with Crippen LogP contribution in [0.1, 0.15) is 19.8 Å². The van der Waals surface area contributed by atoms with Crippen molar-refractivity contribution in [1.29, 1.82) is 0 Å². The summed E-state index contributed by atoms with van der Waals surface area (Å²) in [4.78, 5) is 11.0. The van der Waals surface area contributed by atoms with Crippen LogP contribution in [0.15, 0.2) is 0 Å². The van der Waals surface area contributed by atoms with Crippen LogP contribution < -0.4 is 0 Å². The number of Topliss-reactive ketones (excluding diaryl/α,β-unsaturated/α-hetero) is 1. The van der Waals surface area contributed by atoms with E-state index >= 15 is 0 Å². The number of alkyl halides is 2. The molecule has 1 nitrogen and oxygen atoms in total. The van der Waals surface area contributed by atoms with Gasteiger partial charge in [-0.15, -0.1) is 0 Å². The Labute approximate surface area is 79.5 Å². The minimum absolute atomic E-state index is 0.310. The summed E-state index contributed by atoms with van der Waals surface area (Å²) in [7, 11) is -1.26. The van der Waals surface area contributed by atoms with Gasteiger partial charge in [0, 0.05) is 14.5 Å². The first-order chi connectivity index (χ1) is 5.60. The highest BCUT2D eigenvalue weighted by molar-refractivity contribution is 6.76. The Hall–Kier alpha value is -0.253. The number of hydrogen-bond acceptors (Lipinski definition) is 1. The van der Waals surface area contributed by atoms with Gasteiger partial charge in [-0.2, -0.15) is 0 Å². The first kappa shape index (κ1) is 12.7. The number of carbonyl (C=O) groups excluding carboxylic acids is 1. The predicted molar refractivity (Wildman–Crippen MR) is 53.0 cm³/mol. The van der Waals surface area contributed by atoms with Crippen LogP contribution >= 0.6 is 0 Å². The van der Waals surface area contributed by atoms with Crippen molar-refractivity contribution >= 4 is 13.9 Å². The Balaban J connectivity index is 3.78. The first-order valence-corrected chi connectivity index (χ1v) is 8.20. The fourth-order valence-corrected chi connectivity index (χ4v) is 1.98. The second kappa shape index (κ2) is 4.31. The van der Waals surface area contributed by atoms with E-state index in [1.807, 2.05) is 0 Å². The van der Waals surface area contributed by atoms with E-state index in [1.165, 1.54) is 0 Å². The van der Waals surface area contributed by atoms with Gasteiger partial charge >= 0.3 is 0 Å². The second-order valence-electron chi connectivity index (χ2n) is 4.85. The molecule has 78 valence electrons. The van der Waals surface area contributed by atoms with Crippen LogP contribution in [0.25, 0.3) is 0 Å². The average Bonchev–Trinajstić information content (AvgIpc) is 1.78. The molecule has 13 heavy (non-hydrogen) atoms. The third-order valence-electron chi connectivity index (χ3n) is 1.66. The van der Waals surface area contributed by atoms with Gasteiger partial charge in [0.2, 0.25) is 0 Å². The quantitative estimate of drug-likeness (QED) is 0.633. The third-order valence-corrected chi connectivity index (χ3v) is 3.41. The summed E-state index contributed by atoms with van der Waals surface area (Å²) in [6.07, 6.45) is -0.281. The maximum atomic E-state index is 12.4. The van der Waals surface area contributed by atoms with E-state index in [9.17, 15) is 13.6 Å². The van der Waals surface area contributed by atoms with Gasteiger partial charge < -0.3 is 0 Å². The molecule has 0 bridgehead atoms. The SMILES string of the molecule is CC(F)(F)CC(=O)CC[Si](C)(C)C. The molecule has 0 aliphatic heterocycles. The molecule has 0 radical (unpaired) electrons. The average molecular weight is 208 g/mol. The van der Waals surface area contributed by atoms with Crippen molar-refractivity contribution in [2.24, 2.45) is 0 Å². The summed E-state index contributed by atoms with van der Waals surface area (Å²) in [5.74, 6) is -3.15. The van der Waals surface area contributed by atoms with Gasteiger partial charge in [0.25, 0.3) is 5.92 Å². The second-order valence-corrected chi connectivity index (χ2v) is 10.5. The highest BCUT2D eigenvalue weighted by Crippen LogP contribution is 2.20. The van der Waals surface area contributed by atoms with Crippen molar-refractivity contribution in [3.8, 4) is 0 Å². The van der Waals surface area contributed by atoms with Crippen molar-refractivity contribution in [3.63, 3.8) is 0 Å². The number of rotatable bonds is 5. The third kappa shape index (κ3) is 9.66. The molecule has 0 rings (SSSR count). The highest BCUT2D eigenvalue weighted by Gasteiger charge is 2.26. The molecule has 0 aliphatic carbocycles. The molecular weight excluding hydrogens is 190 g/mol. The largest absolute Gasteiger partial charge is 0.299 e.